The predicted octanol–water partition coefficient (Wildman–Crippen LogP) is 4.88. The third kappa shape index (κ3) is 4.60. The van der Waals surface area contributed by atoms with Gasteiger partial charge in [0.05, 0.1) is 5.02 Å². The van der Waals surface area contributed by atoms with Crippen molar-refractivity contribution in [1.82, 2.24) is 5.32 Å². The molecule has 0 aliphatic heterocycles. The monoisotopic (exact) mass is 457 g/mol. The van der Waals surface area contributed by atoms with E-state index in [4.69, 9.17) is 11.6 Å². The van der Waals surface area contributed by atoms with Gasteiger partial charge in [-0.2, -0.15) is 0 Å². The highest BCUT2D eigenvalue weighted by atomic mass is 127. The minimum atomic E-state index is -0.0643. The van der Waals surface area contributed by atoms with Crippen LogP contribution in [0.2, 0.25) is 5.02 Å². The SMILES string of the molecule is CCC(CC)(CBr)CNC(=O)c1ccc(I)c(Cl)c1. The van der Waals surface area contributed by atoms with Gasteiger partial charge in [0.15, 0.2) is 0 Å². The Labute approximate surface area is 141 Å². The van der Waals surface area contributed by atoms with E-state index in [2.05, 4.69) is 57.7 Å². The van der Waals surface area contributed by atoms with Crippen molar-refractivity contribution in [3.05, 3.63) is 32.4 Å². The lowest BCUT2D eigenvalue weighted by molar-refractivity contribution is 0.0932. The maximum atomic E-state index is 12.1. The number of carbonyl (C=O) groups is 1. The van der Waals surface area contributed by atoms with Crippen molar-refractivity contribution in [3.8, 4) is 0 Å². The first-order valence-corrected chi connectivity index (χ1v) is 8.85. The third-order valence-electron chi connectivity index (χ3n) is 3.59. The van der Waals surface area contributed by atoms with Crippen LogP contribution in [0.5, 0.6) is 0 Å². The van der Waals surface area contributed by atoms with E-state index in [0.29, 0.717) is 17.1 Å². The van der Waals surface area contributed by atoms with Gasteiger partial charge in [-0.3, -0.25) is 4.79 Å². The molecule has 1 N–H and O–H groups in total. The van der Waals surface area contributed by atoms with E-state index in [1.807, 2.05) is 6.07 Å². The van der Waals surface area contributed by atoms with Crippen molar-refractivity contribution >= 4 is 56.0 Å². The summed E-state index contributed by atoms with van der Waals surface area (Å²) in [7, 11) is 0. The Hall–Kier alpha value is 0.190. The fourth-order valence-electron chi connectivity index (χ4n) is 1.74. The van der Waals surface area contributed by atoms with Crippen LogP contribution in [-0.2, 0) is 0 Å². The van der Waals surface area contributed by atoms with Crippen molar-refractivity contribution in [1.29, 1.82) is 0 Å². The average Bonchev–Trinajstić information content (AvgIpc) is 2.43. The molecular formula is C14H18BrClINO. The van der Waals surface area contributed by atoms with Crippen LogP contribution >= 0.6 is 50.1 Å². The van der Waals surface area contributed by atoms with Gasteiger partial charge in [-0.15, -0.1) is 0 Å². The zero-order chi connectivity index (χ0) is 14.5. The molecule has 1 rings (SSSR count). The quantitative estimate of drug-likeness (QED) is 0.478. The maximum Gasteiger partial charge on any atom is 0.251 e. The molecule has 0 atom stereocenters. The fourth-order valence-corrected chi connectivity index (χ4v) is 3.25. The standard InChI is InChI=1S/C14H18BrClINO/c1-3-14(4-2,8-15)9-18-13(19)10-5-6-12(17)11(16)7-10/h5-7H,3-4,8-9H2,1-2H3,(H,18,19). The van der Waals surface area contributed by atoms with Crippen LogP contribution in [0.4, 0.5) is 0 Å². The lowest BCUT2D eigenvalue weighted by atomic mass is 9.84. The van der Waals surface area contributed by atoms with Crippen LogP contribution in [-0.4, -0.2) is 17.8 Å². The van der Waals surface area contributed by atoms with Gasteiger partial charge >= 0.3 is 0 Å². The third-order valence-corrected chi connectivity index (χ3v) is 6.35. The van der Waals surface area contributed by atoms with Gasteiger partial charge in [0.25, 0.3) is 5.91 Å². The second kappa shape index (κ2) is 7.84. The van der Waals surface area contributed by atoms with Crippen molar-refractivity contribution in [2.45, 2.75) is 26.7 Å². The van der Waals surface area contributed by atoms with Crippen molar-refractivity contribution in [2.24, 2.45) is 5.41 Å². The molecule has 106 valence electrons. The number of hydrogen-bond donors (Lipinski definition) is 1. The molecule has 0 aliphatic rings. The summed E-state index contributed by atoms with van der Waals surface area (Å²) in [5.74, 6) is -0.0643. The van der Waals surface area contributed by atoms with Gasteiger partial charge in [-0.1, -0.05) is 41.4 Å². The van der Waals surface area contributed by atoms with E-state index in [9.17, 15) is 4.79 Å². The van der Waals surface area contributed by atoms with E-state index < -0.39 is 0 Å². The number of halogens is 3. The summed E-state index contributed by atoms with van der Waals surface area (Å²) in [6.45, 7) is 4.98. The molecule has 0 spiro atoms. The lowest BCUT2D eigenvalue weighted by Crippen LogP contribution is -2.38. The molecule has 0 heterocycles. The van der Waals surface area contributed by atoms with Crippen LogP contribution in [0.3, 0.4) is 0 Å². The van der Waals surface area contributed by atoms with E-state index in [1.54, 1.807) is 12.1 Å². The van der Waals surface area contributed by atoms with Crippen molar-refractivity contribution in [2.75, 3.05) is 11.9 Å². The Balaban J connectivity index is 2.72. The molecule has 1 aromatic carbocycles. The second-order valence-corrected chi connectivity index (χ2v) is 6.78. The molecule has 0 saturated heterocycles. The van der Waals surface area contributed by atoms with Gasteiger partial charge < -0.3 is 5.32 Å². The summed E-state index contributed by atoms with van der Waals surface area (Å²) in [6, 6.07) is 5.37. The highest BCUT2D eigenvalue weighted by Gasteiger charge is 2.25. The normalized spacial score (nSPS) is 11.4. The number of rotatable bonds is 6. The number of hydrogen-bond acceptors (Lipinski definition) is 1. The molecule has 0 fully saturated rings. The number of benzene rings is 1. The summed E-state index contributed by atoms with van der Waals surface area (Å²) < 4.78 is 0.952. The zero-order valence-electron chi connectivity index (χ0n) is 11.1. The molecule has 19 heavy (non-hydrogen) atoms. The van der Waals surface area contributed by atoms with Gasteiger partial charge in [0.2, 0.25) is 0 Å². The lowest BCUT2D eigenvalue weighted by Gasteiger charge is -2.29. The van der Waals surface area contributed by atoms with Crippen LogP contribution in [0.1, 0.15) is 37.0 Å². The first kappa shape index (κ1) is 17.2. The first-order valence-electron chi connectivity index (χ1n) is 6.27. The second-order valence-electron chi connectivity index (χ2n) is 4.65. The smallest absolute Gasteiger partial charge is 0.251 e. The fraction of sp³-hybridized carbons (Fsp3) is 0.500. The molecule has 0 aliphatic carbocycles. The molecule has 5 heteroatoms. The summed E-state index contributed by atoms with van der Waals surface area (Å²) in [6.07, 6.45) is 2.06. The van der Waals surface area contributed by atoms with Crippen LogP contribution < -0.4 is 5.32 Å². The van der Waals surface area contributed by atoms with Crippen molar-refractivity contribution in [3.63, 3.8) is 0 Å². The number of nitrogens with one attached hydrogen (secondary N) is 1. The summed E-state index contributed by atoms with van der Waals surface area (Å²) >= 11 is 11.7. The Morgan fingerprint density at radius 1 is 1.42 bits per heavy atom. The van der Waals surface area contributed by atoms with E-state index in [-0.39, 0.29) is 11.3 Å². The Bertz CT molecular complexity index is 441. The minimum absolute atomic E-state index is 0.0643. The van der Waals surface area contributed by atoms with Crippen LogP contribution in [0, 0.1) is 8.99 Å². The Morgan fingerprint density at radius 2 is 2.05 bits per heavy atom. The topological polar surface area (TPSA) is 29.1 Å². The molecule has 0 saturated carbocycles. The molecule has 2 nitrogen and oxygen atoms in total. The molecule has 0 radical (unpaired) electrons. The van der Waals surface area contributed by atoms with Gasteiger partial charge in [0, 0.05) is 21.0 Å². The Kier molecular flexibility index (Phi) is 7.11. The van der Waals surface area contributed by atoms with Crippen molar-refractivity contribution < 1.29 is 4.79 Å². The van der Waals surface area contributed by atoms with Gasteiger partial charge in [-0.25, -0.2) is 0 Å². The molecular weight excluding hydrogens is 440 g/mol. The highest BCUT2D eigenvalue weighted by Crippen LogP contribution is 2.28. The van der Waals surface area contributed by atoms with E-state index in [0.717, 1.165) is 21.7 Å². The molecule has 1 aromatic rings. The summed E-state index contributed by atoms with van der Waals surface area (Å²) in [4.78, 5) is 12.1. The van der Waals surface area contributed by atoms with Crippen LogP contribution in [0.15, 0.2) is 18.2 Å². The van der Waals surface area contributed by atoms with E-state index in [1.165, 1.54) is 0 Å². The van der Waals surface area contributed by atoms with E-state index >= 15 is 0 Å². The summed E-state index contributed by atoms with van der Waals surface area (Å²) in [5.41, 5.74) is 0.740. The first-order chi connectivity index (χ1) is 8.98. The maximum absolute atomic E-state index is 12.1. The number of carbonyl (C=O) groups excluding carboxylic acids is 1. The largest absolute Gasteiger partial charge is 0.351 e. The van der Waals surface area contributed by atoms with Crippen LogP contribution in [0.25, 0.3) is 0 Å². The minimum Gasteiger partial charge on any atom is -0.351 e. The molecule has 0 unspecified atom stereocenters. The average molecular weight is 459 g/mol. The van der Waals surface area contributed by atoms with Gasteiger partial charge in [-0.05, 0) is 59.0 Å². The molecule has 1 amide bonds. The Morgan fingerprint density at radius 3 is 2.53 bits per heavy atom. The zero-order valence-corrected chi connectivity index (χ0v) is 15.6. The number of alkyl halides is 1. The van der Waals surface area contributed by atoms with Gasteiger partial charge in [0.1, 0.15) is 0 Å². The highest BCUT2D eigenvalue weighted by molar-refractivity contribution is 14.1. The predicted molar refractivity (Wildman–Crippen MR) is 93.3 cm³/mol. The molecule has 0 bridgehead atoms. The number of amides is 1. The summed E-state index contributed by atoms with van der Waals surface area (Å²) in [5, 5.41) is 4.52. The molecule has 0 aromatic heterocycles.